The van der Waals surface area contributed by atoms with Gasteiger partial charge in [-0.3, -0.25) is 0 Å². The Labute approximate surface area is 164 Å². The maximum atomic E-state index is 6.05. The molecule has 0 N–H and O–H groups in total. The van der Waals surface area contributed by atoms with Crippen molar-refractivity contribution in [2.24, 2.45) is 11.3 Å². The van der Waals surface area contributed by atoms with E-state index in [-0.39, 0.29) is 5.41 Å². The minimum Gasteiger partial charge on any atom is -0.227 e. The molecule has 2 rings (SSSR count). The van der Waals surface area contributed by atoms with Crippen LogP contribution in [-0.4, -0.2) is 22.8 Å². The summed E-state index contributed by atoms with van der Waals surface area (Å²) in [6.45, 7) is 18.6. The Morgan fingerprint density at radius 2 is 1.30 bits per heavy atom. The van der Waals surface area contributed by atoms with Crippen LogP contribution in [0.2, 0.25) is 0 Å². The molecule has 2 aliphatic rings. The van der Waals surface area contributed by atoms with Gasteiger partial charge < -0.3 is 0 Å². The van der Waals surface area contributed by atoms with Gasteiger partial charge in [-0.25, -0.2) is 9.78 Å². The summed E-state index contributed by atoms with van der Waals surface area (Å²) >= 11 is 0. The van der Waals surface area contributed by atoms with Gasteiger partial charge in [-0.2, -0.15) is 19.6 Å². The molecule has 0 aromatic carbocycles. The first-order chi connectivity index (χ1) is 12.3. The van der Waals surface area contributed by atoms with E-state index in [2.05, 4.69) is 34.6 Å². The van der Waals surface area contributed by atoms with Crippen LogP contribution < -0.4 is 0 Å². The Kier molecular flexibility index (Phi) is 6.73. The molecule has 160 valence electrons. The zero-order valence-corrected chi connectivity index (χ0v) is 18.8. The summed E-state index contributed by atoms with van der Waals surface area (Å²) in [7, 11) is 0. The first kappa shape index (κ1) is 23.0. The first-order valence-electron chi connectivity index (χ1n) is 10.4. The van der Waals surface area contributed by atoms with Crippen LogP contribution >= 0.6 is 0 Å². The molecule has 1 unspecified atom stereocenters. The Bertz CT molecular complexity index is 473. The van der Waals surface area contributed by atoms with Crippen LogP contribution in [-0.2, 0) is 29.3 Å². The highest BCUT2D eigenvalue weighted by atomic mass is 17.4. The van der Waals surface area contributed by atoms with Crippen LogP contribution in [0.1, 0.15) is 101 Å². The van der Waals surface area contributed by atoms with Gasteiger partial charge in [0.15, 0.2) is 0 Å². The van der Waals surface area contributed by atoms with E-state index in [0.29, 0.717) is 12.3 Å². The van der Waals surface area contributed by atoms with Gasteiger partial charge in [-0.1, -0.05) is 47.5 Å². The summed E-state index contributed by atoms with van der Waals surface area (Å²) in [5.41, 5.74) is -1.23. The maximum absolute atomic E-state index is 6.05. The van der Waals surface area contributed by atoms with Gasteiger partial charge in [0.1, 0.15) is 0 Å². The molecular weight excluding hydrogens is 348 g/mol. The summed E-state index contributed by atoms with van der Waals surface area (Å²) in [5.74, 6) is -2.00. The summed E-state index contributed by atoms with van der Waals surface area (Å²) in [6, 6.07) is 0. The molecule has 6 nitrogen and oxygen atoms in total. The molecule has 1 atom stereocenters. The van der Waals surface area contributed by atoms with E-state index >= 15 is 0 Å². The molecule has 1 heterocycles. The van der Waals surface area contributed by atoms with Gasteiger partial charge in [0, 0.05) is 11.8 Å². The number of rotatable bonds is 10. The number of hydrogen-bond acceptors (Lipinski definition) is 6. The van der Waals surface area contributed by atoms with E-state index in [1.54, 1.807) is 0 Å². The van der Waals surface area contributed by atoms with Crippen molar-refractivity contribution >= 4 is 0 Å². The third kappa shape index (κ3) is 4.85. The van der Waals surface area contributed by atoms with Crippen molar-refractivity contribution in [2.75, 3.05) is 0 Å². The second-order valence-electron chi connectivity index (χ2n) is 10.3. The molecule has 0 bridgehead atoms. The van der Waals surface area contributed by atoms with Gasteiger partial charge in [0.25, 0.3) is 11.6 Å². The molecule has 0 radical (unpaired) electrons. The van der Waals surface area contributed by atoms with E-state index in [9.17, 15) is 0 Å². The van der Waals surface area contributed by atoms with Crippen molar-refractivity contribution in [3.8, 4) is 0 Å². The standard InChI is InChI=1S/C21H40O6/c1-10-12-18(6,7)22-24-20(25-23-19(8,9)13-11-2)15-16(3)14-17(4,5)21(20)26-27-21/h16H,10-15H2,1-9H3. The Balaban J connectivity index is 2.28. The van der Waals surface area contributed by atoms with Gasteiger partial charge in [-0.15, -0.1) is 0 Å². The molecule has 0 amide bonds. The van der Waals surface area contributed by atoms with E-state index in [4.69, 9.17) is 29.3 Å². The van der Waals surface area contributed by atoms with Crippen LogP contribution in [0, 0.1) is 11.3 Å². The van der Waals surface area contributed by atoms with Crippen LogP contribution in [0.5, 0.6) is 0 Å². The van der Waals surface area contributed by atoms with Gasteiger partial charge in [-0.05, 0) is 52.9 Å². The van der Waals surface area contributed by atoms with Crippen LogP contribution in [0.4, 0.5) is 0 Å². The fourth-order valence-corrected chi connectivity index (χ4v) is 4.42. The minimum absolute atomic E-state index is 0.318. The van der Waals surface area contributed by atoms with Gasteiger partial charge >= 0.3 is 0 Å². The molecule has 1 aliphatic carbocycles. The third-order valence-electron chi connectivity index (χ3n) is 5.63. The zero-order chi connectivity index (χ0) is 20.6. The minimum atomic E-state index is -1.29. The van der Waals surface area contributed by atoms with Crippen LogP contribution in [0.15, 0.2) is 0 Å². The van der Waals surface area contributed by atoms with E-state index in [0.717, 1.165) is 32.1 Å². The van der Waals surface area contributed by atoms with E-state index < -0.39 is 22.8 Å². The average molecular weight is 389 g/mol. The second-order valence-corrected chi connectivity index (χ2v) is 10.3. The molecule has 6 heteroatoms. The second kappa shape index (κ2) is 7.88. The van der Waals surface area contributed by atoms with Crippen molar-refractivity contribution in [1.29, 1.82) is 0 Å². The molecule has 0 aromatic heterocycles. The highest BCUT2D eigenvalue weighted by Gasteiger charge is 2.79. The summed E-state index contributed by atoms with van der Waals surface area (Å²) in [4.78, 5) is 35.0. The predicted molar refractivity (Wildman–Crippen MR) is 102 cm³/mol. The predicted octanol–water partition coefficient (Wildman–Crippen LogP) is 5.85. The van der Waals surface area contributed by atoms with Crippen molar-refractivity contribution in [3.05, 3.63) is 0 Å². The topological polar surface area (TPSA) is 62.0 Å². The monoisotopic (exact) mass is 388 g/mol. The lowest BCUT2D eigenvalue weighted by Crippen LogP contribution is -2.62. The summed E-state index contributed by atoms with van der Waals surface area (Å²) in [6.07, 6.45) is 5.19. The SMILES string of the molecule is CCCC(C)(C)OOC1(OOC(C)(C)CCC)CC(C)CC(C)(C)C12OO2. The fraction of sp³-hybridized carbons (Fsp3) is 1.00. The normalized spacial score (nSPS) is 26.3. The molecule has 1 saturated heterocycles. The zero-order valence-electron chi connectivity index (χ0n) is 18.8. The highest BCUT2D eigenvalue weighted by molar-refractivity contribution is 5.07. The van der Waals surface area contributed by atoms with Crippen molar-refractivity contribution in [1.82, 2.24) is 0 Å². The highest BCUT2D eigenvalue weighted by Crippen LogP contribution is 2.63. The molecule has 2 fully saturated rings. The van der Waals surface area contributed by atoms with Gasteiger partial charge in [0.05, 0.1) is 11.2 Å². The lowest BCUT2D eigenvalue weighted by atomic mass is 9.66. The largest absolute Gasteiger partial charge is 0.297 e. The van der Waals surface area contributed by atoms with E-state index in [1.165, 1.54) is 0 Å². The smallest absolute Gasteiger partial charge is 0.227 e. The quantitative estimate of drug-likeness (QED) is 0.202. The van der Waals surface area contributed by atoms with Crippen LogP contribution in [0.25, 0.3) is 0 Å². The van der Waals surface area contributed by atoms with Gasteiger partial charge in [0.2, 0.25) is 0 Å². The summed E-state index contributed by atoms with van der Waals surface area (Å²) < 4.78 is 0. The summed E-state index contributed by atoms with van der Waals surface area (Å²) in [5, 5.41) is 0. The van der Waals surface area contributed by atoms with Crippen molar-refractivity contribution in [2.45, 2.75) is 124 Å². The molecule has 0 aromatic rings. The van der Waals surface area contributed by atoms with Crippen LogP contribution in [0.3, 0.4) is 0 Å². The molecule has 1 saturated carbocycles. The number of hydrogen-bond donors (Lipinski definition) is 0. The molecule has 1 spiro atoms. The lowest BCUT2D eigenvalue weighted by molar-refractivity contribution is -0.568. The van der Waals surface area contributed by atoms with Crippen molar-refractivity contribution < 1.29 is 29.3 Å². The molecule has 1 aliphatic heterocycles. The maximum Gasteiger partial charge on any atom is 0.297 e. The Morgan fingerprint density at radius 1 is 0.852 bits per heavy atom. The average Bonchev–Trinajstić information content (AvgIpc) is 3.31. The Morgan fingerprint density at radius 3 is 1.67 bits per heavy atom. The lowest BCUT2D eigenvalue weighted by Gasteiger charge is -2.48. The molecule has 27 heavy (non-hydrogen) atoms. The Hall–Kier alpha value is -0.240. The first-order valence-corrected chi connectivity index (χ1v) is 10.4. The fourth-order valence-electron chi connectivity index (χ4n) is 4.42. The third-order valence-corrected chi connectivity index (χ3v) is 5.63. The van der Waals surface area contributed by atoms with E-state index in [1.807, 2.05) is 27.7 Å². The van der Waals surface area contributed by atoms with Crippen molar-refractivity contribution in [3.63, 3.8) is 0 Å². The molecular formula is C21H40O6.